The Morgan fingerprint density at radius 2 is 1.85 bits per heavy atom. The molecule has 0 saturated carbocycles. The van der Waals surface area contributed by atoms with Crippen LogP contribution in [0.2, 0.25) is 0 Å². The zero-order valence-electron chi connectivity index (χ0n) is 15.8. The number of rotatable bonds is 10. The van der Waals surface area contributed by atoms with Crippen LogP contribution in [-0.4, -0.2) is 30.4 Å². The first-order valence-electron chi connectivity index (χ1n) is 9.16. The molecule has 2 rings (SSSR count). The van der Waals surface area contributed by atoms with Crippen LogP contribution in [0.4, 0.5) is 0 Å². The second kappa shape index (κ2) is 10.9. The maximum Gasteiger partial charge on any atom is 0.271 e. The van der Waals surface area contributed by atoms with Crippen molar-refractivity contribution in [1.82, 2.24) is 5.43 Å². The number of amides is 1. The van der Waals surface area contributed by atoms with E-state index in [9.17, 15) is 9.90 Å². The minimum atomic E-state index is -0.354. The van der Waals surface area contributed by atoms with E-state index in [0.29, 0.717) is 30.3 Å². The minimum absolute atomic E-state index is 0.107. The molecule has 0 bridgehead atoms. The highest BCUT2D eigenvalue weighted by atomic mass is 16.5. The minimum Gasteiger partial charge on any atom is -0.508 e. The highest BCUT2D eigenvalue weighted by molar-refractivity contribution is 5.95. The summed E-state index contributed by atoms with van der Waals surface area (Å²) >= 11 is 0. The number of hydrogen-bond acceptors (Lipinski definition) is 5. The van der Waals surface area contributed by atoms with E-state index in [1.54, 1.807) is 6.21 Å². The number of hydrazone groups is 1. The Hall–Kier alpha value is -3.02. The van der Waals surface area contributed by atoms with Crippen LogP contribution in [-0.2, 0) is 0 Å². The van der Waals surface area contributed by atoms with Gasteiger partial charge in [-0.2, -0.15) is 5.10 Å². The van der Waals surface area contributed by atoms with Crippen molar-refractivity contribution in [1.29, 1.82) is 0 Å². The van der Waals surface area contributed by atoms with Crippen LogP contribution in [0.25, 0.3) is 0 Å². The van der Waals surface area contributed by atoms with E-state index in [4.69, 9.17) is 9.47 Å². The molecule has 1 amide bonds. The summed E-state index contributed by atoms with van der Waals surface area (Å²) in [4.78, 5) is 12.0. The van der Waals surface area contributed by atoms with E-state index in [0.717, 1.165) is 24.8 Å². The van der Waals surface area contributed by atoms with Crippen LogP contribution < -0.4 is 14.9 Å². The van der Waals surface area contributed by atoms with Crippen LogP contribution in [0.15, 0.2) is 47.6 Å². The van der Waals surface area contributed by atoms with E-state index in [2.05, 4.69) is 17.5 Å². The molecular weight excluding hydrogens is 344 g/mol. The SMILES string of the molecule is CCCCCOc1ccc(/C=N\NC(=O)c2ccc(O)cc2)cc1OCC. The number of ether oxygens (including phenoxy) is 2. The largest absolute Gasteiger partial charge is 0.508 e. The maximum absolute atomic E-state index is 12.0. The molecule has 6 heteroatoms. The first kappa shape index (κ1) is 20.3. The zero-order chi connectivity index (χ0) is 19.5. The van der Waals surface area contributed by atoms with Gasteiger partial charge in [-0.3, -0.25) is 4.79 Å². The molecule has 0 aliphatic rings. The van der Waals surface area contributed by atoms with Crippen molar-refractivity contribution in [2.45, 2.75) is 33.1 Å². The molecule has 0 fully saturated rings. The Balaban J connectivity index is 1.98. The molecule has 0 aliphatic carbocycles. The van der Waals surface area contributed by atoms with Gasteiger partial charge in [-0.1, -0.05) is 19.8 Å². The van der Waals surface area contributed by atoms with Crippen molar-refractivity contribution in [3.05, 3.63) is 53.6 Å². The van der Waals surface area contributed by atoms with Crippen molar-refractivity contribution in [2.24, 2.45) is 5.10 Å². The van der Waals surface area contributed by atoms with Gasteiger partial charge in [-0.15, -0.1) is 0 Å². The standard InChI is InChI=1S/C21H26N2O4/c1-3-5-6-13-27-19-12-7-16(14-20(19)26-4-2)15-22-23-21(25)17-8-10-18(24)11-9-17/h7-12,14-15,24H,3-6,13H2,1-2H3,(H,23,25)/b22-15-. The molecule has 0 atom stereocenters. The average Bonchev–Trinajstić information content (AvgIpc) is 2.67. The zero-order valence-corrected chi connectivity index (χ0v) is 15.8. The van der Waals surface area contributed by atoms with E-state index >= 15 is 0 Å². The van der Waals surface area contributed by atoms with Gasteiger partial charge in [0.2, 0.25) is 0 Å². The topological polar surface area (TPSA) is 80.2 Å². The number of nitrogens with zero attached hydrogens (tertiary/aromatic N) is 1. The van der Waals surface area contributed by atoms with Crippen LogP contribution in [0, 0.1) is 0 Å². The number of nitrogens with one attached hydrogen (secondary N) is 1. The van der Waals surface area contributed by atoms with E-state index < -0.39 is 0 Å². The third-order valence-electron chi connectivity index (χ3n) is 3.78. The maximum atomic E-state index is 12.0. The lowest BCUT2D eigenvalue weighted by atomic mass is 10.2. The van der Waals surface area contributed by atoms with E-state index in [1.807, 2.05) is 25.1 Å². The van der Waals surface area contributed by atoms with Crippen molar-refractivity contribution in [2.75, 3.05) is 13.2 Å². The highest BCUT2D eigenvalue weighted by Gasteiger charge is 2.07. The van der Waals surface area contributed by atoms with Gasteiger partial charge < -0.3 is 14.6 Å². The van der Waals surface area contributed by atoms with Gasteiger partial charge in [-0.25, -0.2) is 5.43 Å². The number of hydrogen-bond donors (Lipinski definition) is 2. The number of aromatic hydroxyl groups is 1. The summed E-state index contributed by atoms with van der Waals surface area (Å²) < 4.78 is 11.4. The third-order valence-corrected chi connectivity index (χ3v) is 3.78. The Morgan fingerprint density at radius 1 is 1.07 bits per heavy atom. The molecule has 2 N–H and O–H groups in total. The van der Waals surface area contributed by atoms with Crippen molar-refractivity contribution in [3.8, 4) is 17.2 Å². The lowest BCUT2D eigenvalue weighted by Gasteiger charge is -2.12. The summed E-state index contributed by atoms with van der Waals surface area (Å²) in [5.74, 6) is 1.11. The van der Waals surface area contributed by atoms with Crippen molar-refractivity contribution >= 4 is 12.1 Å². The van der Waals surface area contributed by atoms with Gasteiger partial charge in [0.25, 0.3) is 5.91 Å². The fourth-order valence-corrected chi connectivity index (χ4v) is 2.37. The Bertz CT molecular complexity index is 757. The third kappa shape index (κ3) is 6.66. The molecule has 144 valence electrons. The quantitative estimate of drug-likeness (QED) is 0.374. The number of phenols is 1. The predicted octanol–water partition coefficient (Wildman–Crippen LogP) is 4.12. The number of carbonyl (C=O) groups excluding carboxylic acids is 1. The van der Waals surface area contributed by atoms with Crippen LogP contribution >= 0.6 is 0 Å². The summed E-state index contributed by atoms with van der Waals surface area (Å²) in [6, 6.07) is 11.5. The van der Waals surface area contributed by atoms with Gasteiger partial charge in [0.15, 0.2) is 11.5 Å². The summed E-state index contributed by atoms with van der Waals surface area (Å²) in [6.45, 7) is 5.26. The molecule has 27 heavy (non-hydrogen) atoms. The lowest BCUT2D eigenvalue weighted by molar-refractivity contribution is 0.0955. The number of benzene rings is 2. The smallest absolute Gasteiger partial charge is 0.271 e. The normalized spacial score (nSPS) is 10.7. The molecule has 0 aromatic heterocycles. The lowest BCUT2D eigenvalue weighted by Crippen LogP contribution is -2.17. The molecule has 0 radical (unpaired) electrons. The first-order valence-corrected chi connectivity index (χ1v) is 9.16. The molecule has 2 aromatic carbocycles. The summed E-state index contributed by atoms with van der Waals surface area (Å²) in [6.07, 6.45) is 4.83. The van der Waals surface area contributed by atoms with Crippen molar-refractivity contribution in [3.63, 3.8) is 0 Å². The van der Waals surface area contributed by atoms with E-state index in [1.165, 1.54) is 24.3 Å². The number of unbranched alkanes of at least 4 members (excludes halogenated alkanes) is 2. The molecular formula is C21H26N2O4. The molecule has 0 aliphatic heterocycles. The molecule has 0 unspecified atom stereocenters. The number of phenolic OH excluding ortho intramolecular Hbond substituents is 1. The highest BCUT2D eigenvalue weighted by Crippen LogP contribution is 2.28. The fraction of sp³-hybridized carbons (Fsp3) is 0.333. The van der Waals surface area contributed by atoms with Gasteiger partial charge in [0.1, 0.15) is 5.75 Å². The Labute approximate surface area is 159 Å². The van der Waals surface area contributed by atoms with Gasteiger partial charge in [0, 0.05) is 5.56 Å². The van der Waals surface area contributed by atoms with Crippen LogP contribution in [0.1, 0.15) is 49.0 Å². The molecule has 0 spiro atoms. The van der Waals surface area contributed by atoms with Crippen LogP contribution in [0.3, 0.4) is 0 Å². The van der Waals surface area contributed by atoms with E-state index in [-0.39, 0.29) is 11.7 Å². The first-order chi connectivity index (χ1) is 13.1. The fourth-order valence-electron chi connectivity index (χ4n) is 2.37. The van der Waals surface area contributed by atoms with Gasteiger partial charge in [-0.05, 0) is 61.4 Å². The van der Waals surface area contributed by atoms with Gasteiger partial charge >= 0.3 is 0 Å². The molecule has 2 aromatic rings. The second-order valence-electron chi connectivity index (χ2n) is 5.94. The van der Waals surface area contributed by atoms with Gasteiger partial charge in [0.05, 0.1) is 19.4 Å². The van der Waals surface area contributed by atoms with Crippen LogP contribution in [0.5, 0.6) is 17.2 Å². The number of carbonyl (C=O) groups is 1. The second-order valence-corrected chi connectivity index (χ2v) is 5.94. The monoisotopic (exact) mass is 370 g/mol. The average molecular weight is 370 g/mol. The summed E-state index contributed by atoms with van der Waals surface area (Å²) in [5.41, 5.74) is 3.65. The summed E-state index contributed by atoms with van der Waals surface area (Å²) in [5, 5.41) is 13.2. The molecule has 0 heterocycles. The Kier molecular flexibility index (Phi) is 8.16. The predicted molar refractivity (Wildman–Crippen MR) is 106 cm³/mol. The molecule has 0 saturated heterocycles. The Morgan fingerprint density at radius 3 is 2.56 bits per heavy atom. The molecule has 6 nitrogen and oxygen atoms in total. The summed E-state index contributed by atoms with van der Waals surface area (Å²) in [7, 11) is 0. The van der Waals surface area contributed by atoms with Crippen molar-refractivity contribution < 1.29 is 19.4 Å².